The molecule has 2 aromatic rings. The molecule has 29 heavy (non-hydrogen) atoms. The van der Waals surface area contributed by atoms with Gasteiger partial charge in [0, 0.05) is 18.7 Å². The molecule has 1 saturated heterocycles. The molecule has 0 aromatic heterocycles. The third kappa shape index (κ3) is 5.05. The first-order valence-electron chi connectivity index (χ1n) is 9.09. The smallest absolute Gasteiger partial charge is 0.255 e. The van der Waals surface area contributed by atoms with Gasteiger partial charge in [-0.2, -0.15) is 0 Å². The Labute approximate surface area is 175 Å². The standard InChI is InChI=1S/C21H24FN3O3.ClH/c1-21(12-23)9-10-25(13-21)20(27)17-8-5-15(22)11-18(17)24-19(26)14-3-6-16(28-2)7-4-14;/h3-8,11H,9-10,12-13,23H2,1-2H3,(H,24,26);1H. The molecule has 8 heteroatoms. The van der Waals surface area contributed by atoms with Crippen LogP contribution in [0.4, 0.5) is 10.1 Å². The maximum Gasteiger partial charge on any atom is 0.255 e. The number of nitrogens with one attached hydrogen (secondary N) is 1. The van der Waals surface area contributed by atoms with E-state index in [0.717, 1.165) is 12.5 Å². The van der Waals surface area contributed by atoms with Crippen molar-refractivity contribution in [1.29, 1.82) is 0 Å². The van der Waals surface area contributed by atoms with Crippen molar-refractivity contribution in [2.24, 2.45) is 11.1 Å². The van der Waals surface area contributed by atoms with Crippen molar-refractivity contribution < 1.29 is 18.7 Å². The van der Waals surface area contributed by atoms with Crippen LogP contribution in [-0.2, 0) is 0 Å². The molecule has 1 heterocycles. The van der Waals surface area contributed by atoms with Crippen molar-refractivity contribution in [1.82, 2.24) is 4.90 Å². The van der Waals surface area contributed by atoms with Gasteiger partial charge in [0.25, 0.3) is 11.8 Å². The molecule has 3 N–H and O–H groups in total. The molecule has 0 aliphatic carbocycles. The minimum Gasteiger partial charge on any atom is -0.497 e. The van der Waals surface area contributed by atoms with Crippen molar-refractivity contribution in [2.75, 3.05) is 32.1 Å². The Morgan fingerprint density at radius 2 is 1.93 bits per heavy atom. The second-order valence-electron chi connectivity index (χ2n) is 7.36. The van der Waals surface area contributed by atoms with Gasteiger partial charge < -0.3 is 20.7 Å². The van der Waals surface area contributed by atoms with Crippen molar-refractivity contribution >= 4 is 29.9 Å². The highest BCUT2D eigenvalue weighted by Crippen LogP contribution is 2.31. The van der Waals surface area contributed by atoms with Crippen LogP contribution >= 0.6 is 12.4 Å². The number of methoxy groups -OCH3 is 1. The van der Waals surface area contributed by atoms with Gasteiger partial charge in [-0.1, -0.05) is 6.92 Å². The van der Waals surface area contributed by atoms with Crippen LogP contribution in [0, 0.1) is 11.2 Å². The van der Waals surface area contributed by atoms with E-state index in [9.17, 15) is 14.0 Å². The van der Waals surface area contributed by atoms with Gasteiger partial charge in [0.2, 0.25) is 0 Å². The topological polar surface area (TPSA) is 84.7 Å². The Hall–Kier alpha value is -2.64. The van der Waals surface area contributed by atoms with Crippen molar-refractivity contribution in [3.05, 3.63) is 59.4 Å². The van der Waals surface area contributed by atoms with Crippen LogP contribution in [0.25, 0.3) is 0 Å². The first-order valence-corrected chi connectivity index (χ1v) is 9.09. The van der Waals surface area contributed by atoms with Crippen LogP contribution in [0.1, 0.15) is 34.1 Å². The molecule has 1 aliphatic rings. The maximum atomic E-state index is 13.8. The molecule has 156 valence electrons. The minimum absolute atomic E-state index is 0. The summed E-state index contributed by atoms with van der Waals surface area (Å²) in [6, 6.07) is 10.3. The van der Waals surface area contributed by atoms with E-state index in [1.807, 2.05) is 6.92 Å². The number of benzene rings is 2. The molecule has 2 amide bonds. The number of nitrogens with two attached hydrogens (primary N) is 1. The highest BCUT2D eigenvalue weighted by molar-refractivity contribution is 6.09. The number of likely N-dealkylation sites (tertiary alicyclic amines) is 1. The summed E-state index contributed by atoms with van der Waals surface area (Å²) in [5.74, 6) is -0.595. The average molecular weight is 422 g/mol. The van der Waals surface area contributed by atoms with Crippen molar-refractivity contribution in [3.63, 3.8) is 0 Å². The van der Waals surface area contributed by atoms with Gasteiger partial charge in [-0.05, 0) is 60.8 Å². The van der Waals surface area contributed by atoms with Gasteiger partial charge in [-0.25, -0.2) is 4.39 Å². The van der Waals surface area contributed by atoms with Crippen LogP contribution in [0.5, 0.6) is 5.75 Å². The normalized spacial score (nSPS) is 18.1. The molecule has 1 atom stereocenters. The number of carbonyl (C=O) groups excluding carboxylic acids is 2. The lowest BCUT2D eigenvalue weighted by Gasteiger charge is -2.23. The Morgan fingerprint density at radius 1 is 1.24 bits per heavy atom. The van der Waals surface area contributed by atoms with Gasteiger partial charge in [0.05, 0.1) is 18.4 Å². The summed E-state index contributed by atoms with van der Waals surface area (Å²) in [5.41, 5.74) is 6.47. The number of rotatable bonds is 5. The molecular formula is C21H25ClFN3O3. The van der Waals surface area contributed by atoms with E-state index < -0.39 is 11.7 Å². The van der Waals surface area contributed by atoms with Crippen LogP contribution in [0.3, 0.4) is 0 Å². The van der Waals surface area contributed by atoms with E-state index in [1.165, 1.54) is 19.2 Å². The fraction of sp³-hybridized carbons (Fsp3) is 0.333. The molecule has 0 bridgehead atoms. The second kappa shape index (κ2) is 9.24. The lowest BCUT2D eigenvalue weighted by molar-refractivity contribution is 0.0778. The largest absolute Gasteiger partial charge is 0.497 e. The molecule has 3 rings (SSSR count). The van der Waals surface area contributed by atoms with Crippen LogP contribution in [-0.4, -0.2) is 43.5 Å². The highest BCUT2D eigenvalue weighted by atomic mass is 35.5. The number of halogens is 2. The lowest BCUT2D eigenvalue weighted by Crippen LogP contribution is -2.35. The number of carbonyl (C=O) groups is 2. The number of anilines is 1. The second-order valence-corrected chi connectivity index (χ2v) is 7.36. The Bertz CT molecular complexity index is 891. The summed E-state index contributed by atoms with van der Waals surface area (Å²) in [7, 11) is 1.54. The Morgan fingerprint density at radius 3 is 2.52 bits per heavy atom. The first-order chi connectivity index (χ1) is 13.3. The van der Waals surface area contributed by atoms with Crippen molar-refractivity contribution in [2.45, 2.75) is 13.3 Å². The average Bonchev–Trinajstić information content (AvgIpc) is 3.10. The molecule has 0 radical (unpaired) electrons. The van der Waals surface area contributed by atoms with Crippen molar-refractivity contribution in [3.8, 4) is 5.75 Å². The molecule has 1 unspecified atom stereocenters. The van der Waals surface area contributed by atoms with Gasteiger partial charge in [-0.15, -0.1) is 12.4 Å². The van der Waals surface area contributed by atoms with E-state index in [0.29, 0.717) is 30.9 Å². The van der Waals surface area contributed by atoms with E-state index in [2.05, 4.69) is 5.32 Å². The molecule has 0 spiro atoms. The summed E-state index contributed by atoms with van der Waals surface area (Å²) in [6.07, 6.45) is 0.809. The summed E-state index contributed by atoms with van der Waals surface area (Å²) in [5, 5.41) is 2.65. The van der Waals surface area contributed by atoms with Gasteiger partial charge in [0.1, 0.15) is 11.6 Å². The zero-order valence-electron chi connectivity index (χ0n) is 16.4. The van der Waals surface area contributed by atoms with Gasteiger partial charge in [0.15, 0.2) is 0 Å². The summed E-state index contributed by atoms with van der Waals surface area (Å²) in [6.45, 7) is 3.64. The van der Waals surface area contributed by atoms with Crippen LogP contribution in [0.15, 0.2) is 42.5 Å². The number of amides is 2. The van der Waals surface area contributed by atoms with Gasteiger partial charge >= 0.3 is 0 Å². The number of hydrogen-bond acceptors (Lipinski definition) is 4. The third-order valence-corrected chi connectivity index (χ3v) is 5.15. The number of hydrogen-bond donors (Lipinski definition) is 2. The summed E-state index contributed by atoms with van der Waals surface area (Å²) in [4.78, 5) is 27.2. The molecular weight excluding hydrogens is 397 g/mol. The Kier molecular flexibility index (Phi) is 7.21. The fourth-order valence-electron chi connectivity index (χ4n) is 3.28. The maximum absolute atomic E-state index is 13.8. The van der Waals surface area contributed by atoms with E-state index in [1.54, 1.807) is 29.2 Å². The highest BCUT2D eigenvalue weighted by Gasteiger charge is 2.35. The first kappa shape index (κ1) is 22.6. The minimum atomic E-state index is -0.533. The summed E-state index contributed by atoms with van der Waals surface area (Å²) < 4.78 is 18.9. The SMILES string of the molecule is COc1ccc(C(=O)Nc2cc(F)ccc2C(=O)N2CCC(C)(CN)C2)cc1.Cl. The molecule has 6 nitrogen and oxygen atoms in total. The molecule has 1 aliphatic heterocycles. The Balaban J connectivity index is 0.00000300. The quantitative estimate of drug-likeness (QED) is 0.775. The van der Waals surface area contributed by atoms with E-state index in [4.69, 9.17) is 10.5 Å². The van der Waals surface area contributed by atoms with E-state index in [-0.39, 0.29) is 35.0 Å². The zero-order chi connectivity index (χ0) is 20.3. The zero-order valence-corrected chi connectivity index (χ0v) is 17.2. The van der Waals surface area contributed by atoms with Crippen LogP contribution in [0.2, 0.25) is 0 Å². The molecule has 1 fully saturated rings. The van der Waals surface area contributed by atoms with E-state index >= 15 is 0 Å². The lowest BCUT2D eigenvalue weighted by atomic mass is 9.90. The monoisotopic (exact) mass is 421 g/mol. The number of nitrogens with zero attached hydrogens (tertiary/aromatic N) is 1. The third-order valence-electron chi connectivity index (χ3n) is 5.15. The molecule has 0 saturated carbocycles. The summed E-state index contributed by atoms with van der Waals surface area (Å²) >= 11 is 0. The predicted molar refractivity (Wildman–Crippen MR) is 112 cm³/mol. The molecule has 2 aromatic carbocycles. The van der Waals surface area contributed by atoms with Gasteiger partial charge in [-0.3, -0.25) is 9.59 Å². The number of ether oxygens (including phenoxy) is 1. The van der Waals surface area contributed by atoms with Crippen LogP contribution < -0.4 is 15.8 Å². The fourth-order valence-corrected chi connectivity index (χ4v) is 3.28. The predicted octanol–water partition coefficient (Wildman–Crippen LogP) is 3.32.